The Labute approximate surface area is 143 Å². The highest BCUT2D eigenvalue weighted by Gasteiger charge is 2.07. The Balaban J connectivity index is 1.48. The third kappa shape index (κ3) is 4.68. The highest BCUT2D eigenvalue weighted by Crippen LogP contribution is 2.28. The molecule has 23 heavy (non-hydrogen) atoms. The molecule has 0 bridgehead atoms. The van der Waals surface area contributed by atoms with Gasteiger partial charge in [-0.3, -0.25) is 4.79 Å². The Morgan fingerprint density at radius 3 is 2.48 bits per heavy atom. The Morgan fingerprint density at radius 2 is 1.74 bits per heavy atom. The Bertz CT molecular complexity index is 757. The van der Waals surface area contributed by atoms with E-state index in [0.717, 1.165) is 27.0 Å². The summed E-state index contributed by atoms with van der Waals surface area (Å²) in [7, 11) is 0. The third-order valence-corrected chi connectivity index (χ3v) is 5.19. The van der Waals surface area contributed by atoms with Gasteiger partial charge in [-0.2, -0.15) is 0 Å². The molecule has 1 amide bonds. The Kier molecular flexibility index (Phi) is 5.45. The standard InChI is InChI=1S/C18H16N2OS2/c21-17(19-15-9-5-2-6-10-15)11-12-22-18-20-16(13-23-18)14-7-3-1-4-8-14/h1-10,13H,11-12H2,(H,19,21). The van der Waals surface area contributed by atoms with Crippen molar-refractivity contribution in [2.45, 2.75) is 10.8 Å². The molecule has 5 heteroatoms. The summed E-state index contributed by atoms with van der Waals surface area (Å²) in [6.45, 7) is 0. The number of thioether (sulfide) groups is 1. The first-order valence-corrected chi connectivity index (χ1v) is 9.16. The monoisotopic (exact) mass is 340 g/mol. The fraction of sp³-hybridized carbons (Fsp3) is 0.111. The van der Waals surface area contributed by atoms with Crippen LogP contribution in [0.2, 0.25) is 0 Å². The summed E-state index contributed by atoms with van der Waals surface area (Å²) < 4.78 is 0.997. The van der Waals surface area contributed by atoms with Crippen LogP contribution in [-0.4, -0.2) is 16.6 Å². The van der Waals surface area contributed by atoms with Gasteiger partial charge in [0.1, 0.15) is 0 Å². The van der Waals surface area contributed by atoms with Crippen LogP contribution in [0.3, 0.4) is 0 Å². The maximum absolute atomic E-state index is 11.9. The number of nitrogens with one attached hydrogen (secondary N) is 1. The number of hydrogen-bond donors (Lipinski definition) is 1. The molecular formula is C18H16N2OS2. The summed E-state index contributed by atoms with van der Waals surface area (Å²) in [6.07, 6.45) is 0.472. The second kappa shape index (κ2) is 7.94. The summed E-state index contributed by atoms with van der Waals surface area (Å²) in [5.74, 6) is 0.754. The van der Waals surface area contributed by atoms with Crippen LogP contribution in [0.5, 0.6) is 0 Å². The largest absolute Gasteiger partial charge is 0.326 e. The van der Waals surface area contributed by atoms with Gasteiger partial charge in [0.15, 0.2) is 4.34 Å². The molecule has 0 fully saturated rings. The van der Waals surface area contributed by atoms with Crippen molar-refractivity contribution < 1.29 is 4.79 Å². The van der Waals surface area contributed by atoms with Crippen molar-refractivity contribution in [2.24, 2.45) is 0 Å². The molecule has 2 aromatic carbocycles. The molecule has 1 N–H and O–H groups in total. The van der Waals surface area contributed by atoms with E-state index in [1.54, 1.807) is 23.1 Å². The van der Waals surface area contributed by atoms with Crippen molar-refractivity contribution in [1.82, 2.24) is 4.98 Å². The normalized spacial score (nSPS) is 10.4. The lowest BCUT2D eigenvalue weighted by Crippen LogP contribution is -2.11. The first kappa shape index (κ1) is 15.8. The van der Waals surface area contributed by atoms with Gasteiger partial charge in [0.2, 0.25) is 5.91 Å². The van der Waals surface area contributed by atoms with E-state index in [0.29, 0.717) is 6.42 Å². The molecule has 0 radical (unpaired) electrons. The van der Waals surface area contributed by atoms with Crippen molar-refractivity contribution >= 4 is 34.7 Å². The fourth-order valence-corrected chi connectivity index (χ4v) is 3.88. The molecule has 0 aliphatic carbocycles. The van der Waals surface area contributed by atoms with Crippen molar-refractivity contribution in [2.75, 3.05) is 11.1 Å². The summed E-state index contributed by atoms with van der Waals surface area (Å²) in [5, 5.41) is 4.95. The number of para-hydroxylation sites is 1. The molecule has 1 aromatic heterocycles. The van der Waals surface area contributed by atoms with Gasteiger partial charge in [-0.1, -0.05) is 60.3 Å². The van der Waals surface area contributed by atoms with Crippen LogP contribution in [0.4, 0.5) is 5.69 Å². The number of carbonyl (C=O) groups is 1. The highest BCUT2D eigenvalue weighted by molar-refractivity contribution is 8.01. The van der Waals surface area contributed by atoms with Crippen LogP contribution in [-0.2, 0) is 4.79 Å². The zero-order valence-electron chi connectivity index (χ0n) is 12.4. The second-order valence-corrected chi connectivity index (χ2v) is 7.08. The predicted molar refractivity (Wildman–Crippen MR) is 98.0 cm³/mol. The van der Waals surface area contributed by atoms with E-state index in [1.807, 2.05) is 48.5 Å². The Hall–Kier alpha value is -2.11. The van der Waals surface area contributed by atoms with Crippen LogP contribution in [0.15, 0.2) is 70.4 Å². The third-order valence-electron chi connectivity index (χ3n) is 3.16. The molecule has 1 heterocycles. The lowest BCUT2D eigenvalue weighted by Gasteiger charge is -2.03. The number of thiazole rings is 1. The smallest absolute Gasteiger partial charge is 0.225 e. The molecule has 116 valence electrons. The van der Waals surface area contributed by atoms with Crippen LogP contribution in [0.1, 0.15) is 6.42 Å². The minimum atomic E-state index is 0.0311. The van der Waals surface area contributed by atoms with Crippen LogP contribution >= 0.6 is 23.1 Å². The number of aromatic nitrogens is 1. The molecule has 0 atom stereocenters. The second-order valence-electron chi connectivity index (χ2n) is 4.88. The van der Waals surface area contributed by atoms with Gasteiger partial charge in [-0.15, -0.1) is 11.3 Å². The van der Waals surface area contributed by atoms with Gasteiger partial charge >= 0.3 is 0 Å². The number of rotatable bonds is 6. The quantitative estimate of drug-likeness (QED) is 0.647. The van der Waals surface area contributed by atoms with Gasteiger partial charge in [0.25, 0.3) is 0 Å². The van der Waals surface area contributed by atoms with E-state index in [9.17, 15) is 4.79 Å². The average molecular weight is 340 g/mol. The zero-order valence-corrected chi connectivity index (χ0v) is 14.1. The summed E-state index contributed by atoms with van der Waals surface area (Å²) >= 11 is 3.24. The zero-order chi connectivity index (χ0) is 15.9. The molecule has 0 unspecified atom stereocenters. The van der Waals surface area contributed by atoms with E-state index < -0.39 is 0 Å². The topological polar surface area (TPSA) is 42.0 Å². The van der Waals surface area contributed by atoms with Crippen LogP contribution in [0, 0.1) is 0 Å². The fourth-order valence-electron chi connectivity index (χ4n) is 2.04. The maximum atomic E-state index is 11.9. The van der Waals surface area contributed by atoms with Crippen molar-refractivity contribution in [3.05, 3.63) is 66.0 Å². The van der Waals surface area contributed by atoms with Gasteiger partial charge in [0, 0.05) is 28.8 Å². The SMILES string of the molecule is O=C(CCSc1nc(-c2ccccc2)cs1)Nc1ccccc1. The first-order valence-electron chi connectivity index (χ1n) is 7.30. The number of anilines is 1. The minimum Gasteiger partial charge on any atom is -0.326 e. The van der Waals surface area contributed by atoms with E-state index in [1.165, 1.54) is 0 Å². The number of amides is 1. The van der Waals surface area contributed by atoms with E-state index in [-0.39, 0.29) is 5.91 Å². The van der Waals surface area contributed by atoms with Crippen molar-refractivity contribution in [3.63, 3.8) is 0 Å². The van der Waals surface area contributed by atoms with Crippen molar-refractivity contribution in [1.29, 1.82) is 0 Å². The summed E-state index contributed by atoms with van der Waals surface area (Å²) in [6, 6.07) is 19.6. The van der Waals surface area contributed by atoms with E-state index in [4.69, 9.17) is 0 Å². The predicted octanol–water partition coefficient (Wildman–Crippen LogP) is 4.93. The molecule has 3 nitrogen and oxygen atoms in total. The lowest BCUT2D eigenvalue weighted by molar-refractivity contribution is -0.115. The van der Waals surface area contributed by atoms with E-state index in [2.05, 4.69) is 27.8 Å². The molecule has 3 rings (SSSR count). The highest BCUT2D eigenvalue weighted by atomic mass is 32.2. The minimum absolute atomic E-state index is 0.0311. The number of hydrogen-bond acceptors (Lipinski definition) is 4. The summed E-state index contributed by atoms with van der Waals surface area (Å²) in [4.78, 5) is 16.5. The van der Waals surface area contributed by atoms with E-state index >= 15 is 0 Å². The number of benzene rings is 2. The molecule has 0 aliphatic heterocycles. The van der Waals surface area contributed by atoms with Gasteiger partial charge in [-0.25, -0.2) is 4.98 Å². The van der Waals surface area contributed by atoms with Gasteiger partial charge in [-0.05, 0) is 12.1 Å². The molecule has 0 aliphatic rings. The Morgan fingerprint density at radius 1 is 1.04 bits per heavy atom. The molecule has 0 spiro atoms. The molecular weight excluding hydrogens is 324 g/mol. The van der Waals surface area contributed by atoms with Gasteiger partial charge in [0.05, 0.1) is 5.69 Å². The lowest BCUT2D eigenvalue weighted by atomic mass is 10.2. The molecule has 3 aromatic rings. The molecule has 0 saturated carbocycles. The van der Waals surface area contributed by atoms with Crippen LogP contribution in [0.25, 0.3) is 11.3 Å². The number of carbonyl (C=O) groups excluding carboxylic acids is 1. The maximum Gasteiger partial charge on any atom is 0.225 e. The average Bonchev–Trinajstić information content (AvgIpc) is 3.05. The number of nitrogens with zero attached hydrogens (tertiary/aromatic N) is 1. The summed E-state index contributed by atoms with van der Waals surface area (Å²) in [5.41, 5.74) is 2.95. The van der Waals surface area contributed by atoms with Gasteiger partial charge < -0.3 is 5.32 Å². The first-order chi connectivity index (χ1) is 11.3. The van der Waals surface area contributed by atoms with Crippen molar-refractivity contribution in [3.8, 4) is 11.3 Å². The molecule has 0 saturated heterocycles. The van der Waals surface area contributed by atoms with Crippen LogP contribution < -0.4 is 5.32 Å².